The van der Waals surface area contributed by atoms with Gasteiger partial charge in [-0.1, -0.05) is 12.1 Å². The fourth-order valence-electron chi connectivity index (χ4n) is 2.69. The Morgan fingerprint density at radius 1 is 1.10 bits per heavy atom. The molecule has 0 saturated carbocycles. The van der Waals surface area contributed by atoms with Gasteiger partial charge in [-0.25, -0.2) is 4.39 Å². The van der Waals surface area contributed by atoms with Gasteiger partial charge in [0.05, 0.1) is 6.54 Å². The highest BCUT2D eigenvalue weighted by atomic mass is 19.1. The summed E-state index contributed by atoms with van der Waals surface area (Å²) in [5, 5.41) is 0. The van der Waals surface area contributed by atoms with Crippen LogP contribution < -0.4 is 5.56 Å². The number of pyridine rings is 1. The molecular formula is C16H14FNO2. The van der Waals surface area contributed by atoms with E-state index < -0.39 is 0 Å². The zero-order chi connectivity index (χ0) is 14.1. The fraction of sp³-hybridized carbons (Fsp3) is 0.250. The second-order valence-electron chi connectivity index (χ2n) is 5.02. The lowest BCUT2D eigenvalue weighted by Gasteiger charge is -2.20. The van der Waals surface area contributed by atoms with Crippen molar-refractivity contribution in [2.45, 2.75) is 25.8 Å². The van der Waals surface area contributed by atoms with Gasteiger partial charge in [0.2, 0.25) is 0 Å². The number of hydrogen-bond donors (Lipinski definition) is 0. The van der Waals surface area contributed by atoms with Crippen molar-refractivity contribution >= 4 is 5.78 Å². The lowest BCUT2D eigenvalue weighted by atomic mass is 9.94. The van der Waals surface area contributed by atoms with Crippen LogP contribution in [0.25, 0.3) is 0 Å². The van der Waals surface area contributed by atoms with Crippen molar-refractivity contribution in [2.75, 3.05) is 0 Å². The van der Waals surface area contributed by atoms with E-state index >= 15 is 0 Å². The third kappa shape index (κ3) is 2.29. The fourth-order valence-corrected chi connectivity index (χ4v) is 2.69. The third-order valence-corrected chi connectivity index (χ3v) is 3.64. The maximum absolute atomic E-state index is 13.2. The van der Waals surface area contributed by atoms with Gasteiger partial charge < -0.3 is 4.57 Å². The number of benzene rings is 1. The molecule has 0 aliphatic heterocycles. The summed E-state index contributed by atoms with van der Waals surface area (Å²) in [4.78, 5) is 23.9. The number of rotatable bonds is 2. The average molecular weight is 271 g/mol. The summed E-state index contributed by atoms with van der Waals surface area (Å²) >= 11 is 0. The van der Waals surface area contributed by atoms with E-state index in [0.29, 0.717) is 24.9 Å². The zero-order valence-corrected chi connectivity index (χ0v) is 10.9. The molecule has 0 N–H and O–H groups in total. The van der Waals surface area contributed by atoms with Crippen LogP contribution in [0.4, 0.5) is 4.39 Å². The van der Waals surface area contributed by atoms with Gasteiger partial charge in [0.1, 0.15) is 5.82 Å². The van der Waals surface area contributed by atoms with Crippen LogP contribution in [-0.4, -0.2) is 10.4 Å². The van der Waals surface area contributed by atoms with Crippen LogP contribution in [0.2, 0.25) is 0 Å². The molecule has 0 radical (unpaired) electrons. The minimum atomic E-state index is -0.323. The van der Waals surface area contributed by atoms with Gasteiger partial charge in [0, 0.05) is 23.7 Å². The Labute approximate surface area is 115 Å². The molecule has 0 atom stereocenters. The Balaban J connectivity index is 2.07. The molecule has 2 aromatic rings. The van der Waals surface area contributed by atoms with Gasteiger partial charge in [-0.15, -0.1) is 0 Å². The van der Waals surface area contributed by atoms with Crippen molar-refractivity contribution in [1.29, 1.82) is 0 Å². The van der Waals surface area contributed by atoms with E-state index in [9.17, 15) is 14.0 Å². The predicted octanol–water partition coefficient (Wildman–Crippen LogP) is 2.55. The summed E-state index contributed by atoms with van der Waals surface area (Å²) in [6.07, 6.45) is 2.01. The van der Waals surface area contributed by atoms with Crippen molar-refractivity contribution in [2.24, 2.45) is 0 Å². The van der Waals surface area contributed by atoms with Crippen molar-refractivity contribution in [3.05, 3.63) is 69.4 Å². The Bertz CT molecular complexity index is 733. The van der Waals surface area contributed by atoms with Crippen LogP contribution in [-0.2, 0) is 13.0 Å². The molecule has 0 unspecified atom stereocenters. The van der Waals surface area contributed by atoms with E-state index in [2.05, 4.69) is 0 Å². The Kier molecular flexibility index (Phi) is 3.22. The number of carbonyl (C=O) groups is 1. The molecule has 0 spiro atoms. The summed E-state index contributed by atoms with van der Waals surface area (Å²) in [6.45, 7) is 0.299. The number of halogens is 1. The molecule has 1 heterocycles. The largest absolute Gasteiger partial charge is 0.308 e. The molecule has 4 heteroatoms. The van der Waals surface area contributed by atoms with E-state index in [1.807, 2.05) is 0 Å². The summed E-state index contributed by atoms with van der Waals surface area (Å²) < 4.78 is 14.8. The standard InChI is InChI=1S/C16H14FNO2/c17-12-4-1-3-11(9-12)10-18-14-5-2-6-15(19)13(14)7-8-16(18)20/h1,3-4,7-9H,2,5-6,10H2. The summed E-state index contributed by atoms with van der Waals surface area (Å²) in [5.41, 5.74) is 1.98. The lowest BCUT2D eigenvalue weighted by Crippen LogP contribution is -2.28. The number of Topliss-reactive ketones (excluding diaryl/α,β-unsaturated/α-hetero) is 1. The molecule has 1 aromatic carbocycles. The summed E-state index contributed by atoms with van der Waals surface area (Å²) in [7, 11) is 0. The second-order valence-corrected chi connectivity index (χ2v) is 5.02. The van der Waals surface area contributed by atoms with Gasteiger partial charge in [-0.2, -0.15) is 0 Å². The molecule has 3 nitrogen and oxygen atoms in total. The van der Waals surface area contributed by atoms with Crippen LogP contribution >= 0.6 is 0 Å². The first-order valence-corrected chi connectivity index (χ1v) is 6.65. The molecule has 0 saturated heterocycles. The minimum absolute atomic E-state index is 0.0826. The molecule has 102 valence electrons. The van der Waals surface area contributed by atoms with Crippen LogP contribution in [0.1, 0.15) is 34.5 Å². The van der Waals surface area contributed by atoms with Crippen molar-refractivity contribution in [1.82, 2.24) is 4.57 Å². The number of carbonyl (C=O) groups excluding carboxylic acids is 1. The highest BCUT2D eigenvalue weighted by molar-refractivity contribution is 5.97. The SMILES string of the molecule is O=C1CCCc2c1ccc(=O)n2Cc1cccc(F)c1. The Morgan fingerprint density at radius 2 is 1.95 bits per heavy atom. The van der Waals surface area contributed by atoms with Crippen molar-refractivity contribution < 1.29 is 9.18 Å². The summed E-state index contributed by atoms with van der Waals surface area (Å²) in [5.74, 6) is -0.240. The topological polar surface area (TPSA) is 39.1 Å². The van der Waals surface area contributed by atoms with E-state index in [1.54, 1.807) is 22.8 Å². The average Bonchev–Trinajstić information content (AvgIpc) is 2.42. The maximum atomic E-state index is 13.2. The Hall–Kier alpha value is -2.23. The molecule has 1 aliphatic carbocycles. The van der Waals surface area contributed by atoms with Gasteiger partial charge in [-0.3, -0.25) is 9.59 Å². The van der Waals surface area contributed by atoms with Gasteiger partial charge in [0.25, 0.3) is 5.56 Å². The number of ketones is 1. The monoisotopic (exact) mass is 271 g/mol. The van der Waals surface area contributed by atoms with E-state index in [0.717, 1.165) is 17.7 Å². The number of nitrogens with zero attached hydrogens (tertiary/aromatic N) is 1. The van der Waals surface area contributed by atoms with Crippen LogP contribution in [0, 0.1) is 5.82 Å². The normalized spacial score (nSPS) is 14.2. The van der Waals surface area contributed by atoms with Crippen LogP contribution in [0.5, 0.6) is 0 Å². The second kappa shape index (κ2) is 5.04. The highest BCUT2D eigenvalue weighted by Crippen LogP contribution is 2.20. The zero-order valence-electron chi connectivity index (χ0n) is 10.9. The maximum Gasteiger partial charge on any atom is 0.251 e. The first-order chi connectivity index (χ1) is 9.65. The molecule has 20 heavy (non-hydrogen) atoms. The van der Waals surface area contributed by atoms with Gasteiger partial charge in [-0.05, 0) is 36.6 Å². The minimum Gasteiger partial charge on any atom is -0.308 e. The van der Waals surface area contributed by atoms with Gasteiger partial charge >= 0.3 is 0 Å². The van der Waals surface area contributed by atoms with Crippen LogP contribution in [0.15, 0.2) is 41.2 Å². The molecular weight excluding hydrogens is 257 g/mol. The molecule has 3 rings (SSSR count). The molecule has 0 bridgehead atoms. The Morgan fingerprint density at radius 3 is 2.75 bits per heavy atom. The van der Waals surface area contributed by atoms with E-state index in [-0.39, 0.29) is 17.2 Å². The predicted molar refractivity (Wildman–Crippen MR) is 73.5 cm³/mol. The summed E-state index contributed by atoms with van der Waals surface area (Å²) in [6, 6.07) is 9.21. The first kappa shape index (κ1) is 12.8. The molecule has 1 aliphatic rings. The van der Waals surface area contributed by atoms with Crippen molar-refractivity contribution in [3.8, 4) is 0 Å². The van der Waals surface area contributed by atoms with E-state index in [1.165, 1.54) is 18.2 Å². The molecule has 0 fully saturated rings. The number of hydrogen-bond acceptors (Lipinski definition) is 2. The van der Waals surface area contributed by atoms with E-state index in [4.69, 9.17) is 0 Å². The van der Waals surface area contributed by atoms with Gasteiger partial charge in [0.15, 0.2) is 5.78 Å². The van der Waals surface area contributed by atoms with Crippen molar-refractivity contribution in [3.63, 3.8) is 0 Å². The lowest BCUT2D eigenvalue weighted by molar-refractivity contribution is 0.0970. The highest BCUT2D eigenvalue weighted by Gasteiger charge is 2.20. The molecule has 0 amide bonds. The quantitative estimate of drug-likeness (QED) is 0.842. The molecule has 1 aromatic heterocycles. The number of aromatic nitrogens is 1. The smallest absolute Gasteiger partial charge is 0.251 e. The number of fused-ring (bicyclic) bond motifs is 1. The van der Waals surface area contributed by atoms with Crippen LogP contribution in [0.3, 0.4) is 0 Å². The first-order valence-electron chi connectivity index (χ1n) is 6.65. The third-order valence-electron chi connectivity index (χ3n) is 3.64.